The minimum atomic E-state index is -3.28. The molecule has 2 aromatic rings. The van der Waals surface area contributed by atoms with Gasteiger partial charge in [0.15, 0.2) is 11.5 Å². The monoisotopic (exact) mass is 446 g/mol. The highest BCUT2D eigenvalue weighted by Crippen LogP contribution is 2.32. The fourth-order valence-corrected chi connectivity index (χ4v) is 4.29. The molecule has 0 radical (unpaired) electrons. The van der Waals surface area contributed by atoms with Gasteiger partial charge in [0.2, 0.25) is 16.8 Å². The molecule has 1 saturated heterocycles. The quantitative estimate of drug-likeness (QED) is 0.671. The molecule has 31 heavy (non-hydrogen) atoms. The van der Waals surface area contributed by atoms with Gasteiger partial charge in [-0.15, -0.1) is 6.42 Å². The van der Waals surface area contributed by atoms with Gasteiger partial charge in [0.05, 0.1) is 0 Å². The minimum absolute atomic E-state index is 0. The van der Waals surface area contributed by atoms with Gasteiger partial charge in [-0.1, -0.05) is 19.4 Å². The van der Waals surface area contributed by atoms with Crippen LogP contribution in [0.4, 0.5) is 10.1 Å². The van der Waals surface area contributed by atoms with Crippen LogP contribution in [0, 0.1) is 18.2 Å². The molecule has 6 nitrogen and oxygen atoms in total. The second-order valence-electron chi connectivity index (χ2n) is 6.59. The second kappa shape index (κ2) is 10.8. The number of fused-ring (bicyclic) bond motifs is 1. The van der Waals surface area contributed by atoms with Crippen LogP contribution in [0.1, 0.15) is 19.9 Å². The van der Waals surface area contributed by atoms with Crippen molar-refractivity contribution in [2.45, 2.75) is 14.4 Å². The third-order valence-corrected chi connectivity index (χ3v) is 6.34. The summed E-state index contributed by atoms with van der Waals surface area (Å²) in [5.41, 5.74) is 1.73. The lowest BCUT2D eigenvalue weighted by molar-refractivity contribution is 0.174. The lowest BCUT2D eigenvalue weighted by Gasteiger charge is -2.34. The standard InChI is InChI=1S/C13H17FN2O2S.C9H6O2.CH4/c1-2-11-19(17,18)16-9-7-15(8-10-16)13-5-3-12(14)4-6-13;1-2-7-3-4-8-9(5-7)11-6-10-8;/h2-6,11H,7-10H2,1H3;1,3-5H,6H2;1H4/b11-2+;;. The smallest absolute Gasteiger partial charge is 0.236 e. The van der Waals surface area contributed by atoms with Gasteiger partial charge >= 0.3 is 0 Å². The van der Waals surface area contributed by atoms with E-state index in [1.165, 1.54) is 27.9 Å². The number of rotatable bonds is 3. The third-order valence-electron chi connectivity index (χ3n) is 4.64. The molecule has 2 aliphatic heterocycles. The first-order valence-corrected chi connectivity index (χ1v) is 10.9. The third kappa shape index (κ3) is 6.23. The predicted octanol–water partition coefficient (Wildman–Crippen LogP) is 3.84. The van der Waals surface area contributed by atoms with Crippen molar-refractivity contribution in [3.8, 4) is 23.8 Å². The molecule has 166 valence electrons. The van der Waals surface area contributed by atoms with Crippen molar-refractivity contribution in [1.29, 1.82) is 0 Å². The zero-order valence-corrected chi connectivity index (χ0v) is 17.4. The largest absolute Gasteiger partial charge is 0.454 e. The van der Waals surface area contributed by atoms with Crippen LogP contribution in [0.15, 0.2) is 53.9 Å². The Morgan fingerprint density at radius 1 is 1.03 bits per heavy atom. The summed E-state index contributed by atoms with van der Waals surface area (Å²) >= 11 is 0. The van der Waals surface area contributed by atoms with Crippen molar-refractivity contribution in [2.75, 3.05) is 37.9 Å². The van der Waals surface area contributed by atoms with Crippen LogP contribution in [0.25, 0.3) is 0 Å². The Morgan fingerprint density at radius 2 is 1.68 bits per heavy atom. The SMILES string of the molecule is C.C#Cc1ccc2c(c1)OCO2.C/C=C/S(=O)(=O)N1CCN(c2ccc(F)cc2)CC1. The Morgan fingerprint density at radius 3 is 2.29 bits per heavy atom. The van der Waals surface area contributed by atoms with Crippen molar-refractivity contribution in [1.82, 2.24) is 4.31 Å². The number of anilines is 1. The number of benzene rings is 2. The van der Waals surface area contributed by atoms with E-state index in [1.54, 1.807) is 25.1 Å². The predicted molar refractivity (Wildman–Crippen MR) is 121 cm³/mol. The van der Waals surface area contributed by atoms with Crippen LogP contribution < -0.4 is 14.4 Å². The van der Waals surface area contributed by atoms with Gasteiger partial charge in [0.1, 0.15) is 5.82 Å². The highest BCUT2D eigenvalue weighted by atomic mass is 32.2. The number of hydrogen-bond acceptors (Lipinski definition) is 5. The molecule has 0 aromatic heterocycles. The summed E-state index contributed by atoms with van der Waals surface area (Å²) in [6.45, 7) is 4.11. The number of hydrogen-bond donors (Lipinski definition) is 0. The molecule has 0 bridgehead atoms. The fraction of sp³-hybridized carbons (Fsp3) is 0.304. The molecule has 4 rings (SSSR count). The van der Waals surface area contributed by atoms with Crippen LogP contribution in [0.2, 0.25) is 0 Å². The molecule has 1 fully saturated rings. The molecule has 8 heteroatoms. The zero-order valence-electron chi connectivity index (χ0n) is 16.6. The average molecular weight is 447 g/mol. The summed E-state index contributed by atoms with van der Waals surface area (Å²) in [5.74, 6) is 3.76. The summed E-state index contributed by atoms with van der Waals surface area (Å²) in [7, 11) is -3.28. The van der Waals surface area contributed by atoms with Gasteiger partial charge in [0, 0.05) is 42.8 Å². The average Bonchev–Trinajstić information content (AvgIpc) is 3.23. The van der Waals surface area contributed by atoms with Crippen molar-refractivity contribution < 1.29 is 22.3 Å². The molecule has 0 atom stereocenters. The summed E-state index contributed by atoms with van der Waals surface area (Å²) in [6, 6.07) is 11.7. The van der Waals surface area contributed by atoms with Crippen molar-refractivity contribution in [2.24, 2.45) is 0 Å². The Balaban J connectivity index is 0.000000242. The van der Waals surface area contributed by atoms with E-state index >= 15 is 0 Å². The van der Waals surface area contributed by atoms with E-state index in [4.69, 9.17) is 15.9 Å². The lowest BCUT2D eigenvalue weighted by atomic mass is 10.2. The fourth-order valence-electron chi connectivity index (χ4n) is 3.10. The maximum Gasteiger partial charge on any atom is 0.236 e. The molecule has 0 N–H and O–H groups in total. The van der Waals surface area contributed by atoms with E-state index in [0.717, 1.165) is 22.7 Å². The molecule has 0 unspecified atom stereocenters. The van der Waals surface area contributed by atoms with Crippen molar-refractivity contribution in [3.63, 3.8) is 0 Å². The normalized spacial score (nSPS) is 15.6. The summed E-state index contributed by atoms with van der Waals surface area (Å²) < 4.78 is 48.2. The maximum absolute atomic E-state index is 12.8. The van der Waals surface area contributed by atoms with Crippen LogP contribution in [0.5, 0.6) is 11.5 Å². The van der Waals surface area contributed by atoms with Crippen LogP contribution >= 0.6 is 0 Å². The molecule has 2 heterocycles. The number of allylic oxidation sites excluding steroid dienone is 1. The van der Waals surface area contributed by atoms with E-state index in [2.05, 4.69) is 10.8 Å². The Kier molecular flexibility index (Phi) is 8.48. The maximum atomic E-state index is 12.8. The molecular weight excluding hydrogens is 419 g/mol. The molecule has 0 aliphatic carbocycles. The van der Waals surface area contributed by atoms with Gasteiger partial charge in [-0.2, -0.15) is 4.31 Å². The van der Waals surface area contributed by atoms with Gasteiger partial charge < -0.3 is 14.4 Å². The van der Waals surface area contributed by atoms with Gasteiger partial charge in [-0.25, -0.2) is 12.8 Å². The summed E-state index contributed by atoms with van der Waals surface area (Å²) in [5, 5.41) is 1.22. The summed E-state index contributed by atoms with van der Waals surface area (Å²) in [6.07, 6.45) is 6.73. The molecule has 0 amide bonds. The van der Waals surface area contributed by atoms with Gasteiger partial charge in [0.25, 0.3) is 0 Å². The van der Waals surface area contributed by atoms with E-state index in [9.17, 15) is 12.8 Å². The topological polar surface area (TPSA) is 59.1 Å². The summed E-state index contributed by atoms with van der Waals surface area (Å²) in [4.78, 5) is 2.06. The van der Waals surface area contributed by atoms with Gasteiger partial charge in [-0.3, -0.25) is 0 Å². The van der Waals surface area contributed by atoms with Crippen LogP contribution in [-0.2, 0) is 10.0 Å². The molecule has 2 aliphatic rings. The number of sulfonamides is 1. The first-order valence-electron chi connectivity index (χ1n) is 9.42. The van der Waals surface area contributed by atoms with E-state index in [-0.39, 0.29) is 13.2 Å². The lowest BCUT2D eigenvalue weighted by Crippen LogP contribution is -2.48. The zero-order chi connectivity index (χ0) is 21.6. The molecule has 0 spiro atoms. The van der Waals surface area contributed by atoms with Crippen molar-refractivity contribution in [3.05, 3.63) is 65.3 Å². The number of nitrogens with zero attached hydrogens (tertiary/aromatic N) is 2. The number of piperazine rings is 1. The van der Waals surface area contributed by atoms with E-state index < -0.39 is 10.0 Å². The van der Waals surface area contributed by atoms with E-state index in [0.29, 0.717) is 33.0 Å². The number of halogens is 1. The van der Waals surface area contributed by atoms with Crippen LogP contribution in [0.3, 0.4) is 0 Å². The number of ether oxygens (including phenoxy) is 2. The molecule has 0 saturated carbocycles. The highest BCUT2D eigenvalue weighted by Gasteiger charge is 2.24. The molecular formula is C23H27FN2O4S. The highest BCUT2D eigenvalue weighted by molar-refractivity contribution is 7.92. The first-order chi connectivity index (χ1) is 14.4. The van der Waals surface area contributed by atoms with Gasteiger partial charge in [-0.05, 0) is 49.4 Å². The van der Waals surface area contributed by atoms with Crippen molar-refractivity contribution >= 4 is 15.7 Å². The number of terminal acetylenes is 1. The Bertz CT molecular complexity index is 1040. The first kappa shape index (κ1) is 24.3. The Hall–Kier alpha value is -3.02. The second-order valence-corrected chi connectivity index (χ2v) is 8.41. The molecule has 2 aromatic carbocycles. The van der Waals surface area contributed by atoms with E-state index in [1.807, 2.05) is 12.1 Å². The Labute approximate surface area is 183 Å². The minimum Gasteiger partial charge on any atom is -0.454 e. The van der Waals surface area contributed by atoms with Crippen LogP contribution in [-0.4, -0.2) is 45.7 Å².